The van der Waals surface area contributed by atoms with Crippen molar-refractivity contribution >= 4 is 16.7 Å². The van der Waals surface area contributed by atoms with Gasteiger partial charge in [-0.05, 0) is 31.2 Å². The maximum atomic E-state index is 4.66. The quantitative estimate of drug-likeness (QED) is 0.768. The number of anilines is 1. The van der Waals surface area contributed by atoms with E-state index in [0.29, 0.717) is 0 Å². The SMILES string of the molecule is CCNc1cccc(-c2ccc3ccccc3n2)n1. The molecule has 19 heavy (non-hydrogen) atoms. The van der Waals surface area contributed by atoms with Crippen LogP contribution in [-0.2, 0) is 0 Å². The van der Waals surface area contributed by atoms with Crippen molar-refractivity contribution in [2.75, 3.05) is 11.9 Å². The van der Waals surface area contributed by atoms with E-state index in [1.807, 2.05) is 42.5 Å². The first-order valence-electron chi connectivity index (χ1n) is 6.44. The van der Waals surface area contributed by atoms with Crippen molar-refractivity contribution in [2.24, 2.45) is 0 Å². The van der Waals surface area contributed by atoms with E-state index in [-0.39, 0.29) is 0 Å². The fourth-order valence-electron chi connectivity index (χ4n) is 2.07. The van der Waals surface area contributed by atoms with Crippen LogP contribution in [0.5, 0.6) is 0 Å². The lowest BCUT2D eigenvalue weighted by Crippen LogP contribution is -1.99. The second-order valence-corrected chi connectivity index (χ2v) is 4.33. The number of hydrogen-bond donors (Lipinski definition) is 1. The van der Waals surface area contributed by atoms with Gasteiger partial charge in [-0.2, -0.15) is 0 Å². The minimum Gasteiger partial charge on any atom is -0.370 e. The molecule has 1 N–H and O–H groups in total. The predicted molar refractivity (Wildman–Crippen MR) is 79.1 cm³/mol. The number of aromatic nitrogens is 2. The number of para-hydroxylation sites is 1. The van der Waals surface area contributed by atoms with Gasteiger partial charge in [-0.1, -0.05) is 30.3 Å². The lowest BCUT2D eigenvalue weighted by molar-refractivity contribution is 1.16. The van der Waals surface area contributed by atoms with Crippen LogP contribution < -0.4 is 5.32 Å². The molecule has 0 aliphatic carbocycles. The molecule has 0 saturated heterocycles. The topological polar surface area (TPSA) is 37.8 Å². The van der Waals surface area contributed by atoms with E-state index < -0.39 is 0 Å². The van der Waals surface area contributed by atoms with Crippen LogP contribution >= 0.6 is 0 Å². The molecule has 0 saturated carbocycles. The first-order chi connectivity index (χ1) is 9.36. The fourth-order valence-corrected chi connectivity index (χ4v) is 2.07. The van der Waals surface area contributed by atoms with Gasteiger partial charge in [0.1, 0.15) is 5.82 Å². The van der Waals surface area contributed by atoms with Gasteiger partial charge in [0.15, 0.2) is 0 Å². The van der Waals surface area contributed by atoms with Crippen molar-refractivity contribution in [3.63, 3.8) is 0 Å². The Kier molecular flexibility index (Phi) is 3.11. The third-order valence-corrected chi connectivity index (χ3v) is 2.97. The number of rotatable bonds is 3. The summed E-state index contributed by atoms with van der Waals surface area (Å²) in [5.41, 5.74) is 2.79. The van der Waals surface area contributed by atoms with Crippen molar-refractivity contribution in [2.45, 2.75) is 6.92 Å². The molecule has 3 nitrogen and oxygen atoms in total. The summed E-state index contributed by atoms with van der Waals surface area (Å²) in [5, 5.41) is 4.36. The summed E-state index contributed by atoms with van der Waals surface area (Å²) in [7, 11) is 0. The van der Waals surface area contributed by atoms with E-state index in [0.717, 1.165) is 34.7 Å². The number of nitrogens with zero attached hydrogens (tertiary/aromatic N) is 2. The fraction of sp³-hybridized carbons (Fsp3) is 0.125. The first-order valence-corrected chi connectivity index (χ1v) is 6.44. The molecule has 0 amide bonds. The molecule has 2 aromatic heterocycles. The van der Waals surface area contributed by atoms with E-state index in [1.165, 1.54) is 0 Å². The number of hydrogen-bond acceptors (Lipinski definition) is 3. The zero-order valence-electron chi connectivity index (χ0n) is 10.8. The molecule has 0 aliphatic rings. The molecule has 0 unspecified atom stereocenters. The maximum absolute atomic E-state index is 4.66. The first kappa shape index (κ1) is 11.7. The van der Waals surface area contributed by atoms with Gasteiger partial charge in [0.25, 0.3) is 0 Å². The minimum atomic E-state index is 0.863. The summed E-state index contributed by atoms with van der Waals surface area (Å²) in [5.74, 6) is 0.884. The van der Waals surface area contributed by atoms with Crippen LogP contribution in [0.15, 0.2) is 54.6 Å². The molecule has 0 atom stereocenters. The highest BCUT2D eigenvalue weighted by molar-refractivity contribution is 5.81. The predicted octanol–water partition coefficient (Wildman–Crippen LogP) is 3.73. The average molecular weight is 249 g/mol. The molecule has 3 rings (SSSR count). The Morgan fingerprint density at radius 1 is 0.842 bits per heavy atom. The summed E-state index contributed by atoms with van der Waals surface area (Å²) in [6.07, 6.45) is 0. The molecule has 0 fully saturated rings. The van der Waals surface area contributed by atoms with Gasteiger partial charge in [-0.3, -0.25) is 0 Å². The molecule has 0 spiro atoms. The van der Waals surface area contributed by atoms with Gasteiger partial charge in [-0.25, -0.2) is 9.97 Å². The standard InChI is InChI=1S/C16H15N3/c1-2-17-16-9-5-8-14(19-16)15-11-10-12-6-3-4-7-13(12)18-15/h3-11H,2H2,1H3,(H,17,19). The molecule has 0 aliphatic heterocycles. The Hall–Kier alpha value is -2.42. The van der Waals surface area contributed by atoms with E-state index >= 15 is 0 Å². The molecule has 3 heteroatoms. The van der Waals surface area contributed by atoms with Crippen LogP contribution in [0.1, 0.15) is 6.92 Å². The molecular formula is C16H15N3. The van der Waals surface area contributed by atoms with Gasteiger partial charge in [0.2, 0.25) is 0 Å². The molecule has 0 bridgehead atoms. The van der Waals surface area contributed by atoms with Crippen LogP contribution in [0.25, 0.3) is 22.3 Å². The summed E-state index contributed by atoms with van der Waals surface area (Å²) in [4.78, 5) is 9.22. The van der Waals surface area contributed by atoms with Gasteiger partial charge >= 0.3 is 0 Å². The monoisotopic (exact) mass is 249 g/mol. The largest absolute Gasteiger partial charge is 0.370 e. The highest BCUT2D eigenvalue weighted by atomic mass is 15.0. The van der Waals surface area contributed by atoms with Gasteiger partial charge in [0.05, 0.1) is 16.9 Å². The number of benzene rings is 1. The zero-order chi connectivity index (χ0) is 13.1. The molecule has 2 heterocycles. The summed E-state index contributed by atoms with van der Waals surface area (Å²) >= 11 is 0. The van der Waals surface area contributed by atoms with Gasteiger partial charge in [0, 0.05) is 11.9 Å². The number of nitrogens with one attached hydrogen (secondary N) is 1. The van der Waals surface area contributed by atoms with E-state index in [1.54, 1.807) is 0 Å². The Labute approximate surface area is 112 Å². The highest BCUT2D eigenvalue weighted by Gasteiger charge is 2.03. The summed E-state index contributed by atoms with van der Waals surface area (Å²) in [6.45, 7) is 2.92. The van der Waals surface area contributed by atoms with E-state index in [9.17, 15) is 0 Å². The lowest BCUT2D eigenvalue weighted by Gasteiger charge is -2.06. The van der Waals surface area contributed by atoms with Crippen molar-refractivity contribution in [3.05, 3.63) is 54.6 Å². The number of pyridine rings is 2. The maximum Gasteiger partial charge on any atom is 0.126 e. The molecular weight excluding hydrogens is 234 g/mol. The van der Waals surface area contributed by atoms with Crippen LogP contribution in [0.2, 0.25) is 0 Å². The smallest absolute Gasteiger partial charge is 0.126 e. The van der Waals surface area contributed by atoms with Crippen molar-refractivity contribution in [1.82, 2.24) is 9.97 Å². The van der Waals surface area contributed by atoms with Crippen LogP contribution in [0.3, 0.4) is 0 Å². The third kappa shape index (κ3) is 2.40. The Bertz CT molecular complexity index is 707. The molecule has 3 aromatic rings. The summed E-state index contributed by atoms with van der Waals surface area (Å²) in [6, 6.07) is 18.2. The Morgan fingerprint density at radius 2 is 1.68 bits per heavy atom. The van der Waals surface area contributed by atoms with E-state index in [2.05, 4.69) is 34.3 Å². The van der Waals surface area contributed by atoms with E-state index in [4.69, 9.17) is 0 Å². The number of fused-ring (bicyclic) bond motifs is 1. The molecule has 0 radical (unpaired) electrons. The van der Waals surface area contributed by atoms with Crippen molar-refractivity contribution in [1.29, 1.82) is 0 Å². The normalized spacial score (nSPS) is 10.6. The van der Waals surface area contributed by atoms with Gasteiger partial charge < -0.3 is 5.32 Å². The lowest BCUT2D eigenvalue weighted by atomic mass is 10.1. The van der Waals surface area contributed by atoms with Crippen molar-refractivity contribution in [3.8, 4) is 11.4 Å². The Morgan fingerprint density at radius 3 is 2.58 bits per heavy atom. The van der Waals surface area contributed by atoms with Crippen LogP contribution in [-0.4, -0.2) is 16.5 Å². The Balaban J connectivity index is 2.05. The van der Waals surface area contributed by atoms with Crippen LogP contribution in [0.4, 0.5) is 5.82 Å². The van der Waals surface area contributed by atoms with Gasteiger partial charge in [-0.15, -0.1) is 0 Å². The van der Waals surface area contributed by atoms with Crippen molar-refractivity contribution < 1.29 is 0 Å². The average Bonchev–Trinajstić information content (AvgIpc) is 2.47. The second kappa shape index (κ2) is 5.06. The molecule has 1 aromatic carbocycles. The molecule has 94 valence electrons. The summed E-state index contributed by atoms with van der Waals surface area (Å²) < 4.78 is 0. The highest BCUT2D eigenvalue weighted by Crippen LogP contribution is 2.20. The van der Waals surface area contributed by atoms with Crippen LogP contribution in [0, 0.1) is 0 Å². The second-order valence-electron chi connectivity index (χ2n) is 4.33. The zero-order valence-corrected chi connectivity index (χ0v) is 10.8. The third-order valence-electron chi connectivity index (χ3n) is 2.97. The minimum absolute atomic E-state index is 0.863.